The summed E-state index contributed by atoms with van der Waals surface area (Å²) >= 11 is 1.68. The highest BCUT2D eigenvalue weighted by Gasteiger charge is 2.25. The van der Waals surface area contributed by atoms with E-state index in [0.717, 1.165) is 56.4 Å². The molecule has 4 aromatic rings. The first kappa shape index (κ1) is 21.5. The number of hydrogen-bond donors (Lipinski definition) is 0. The van der Waals surface area contributed by atoms with Crippen LogP contribution in [0.15, 0.2) is 60.7 Å². The summed E-state index contributed by atoms with van der Waals surface area (Å²) in [5.41, 5.74) is 4.02. The van der Waals surface area contributed by atoms with Gasteiger partial charge < -0.3 is 14.2 Å². The molecule has 0 unspecified atom stereocenters. The van der Waals surface area contributed by atoms with Crippen LogP contribution in [0.1, 0.15) is 17.5 Å². The second kappa shape index (κ2) is 9.33. The molecular formula is C27H25FN2O3S. The second-order valence-corrected chi connectivity index (χ2v) is 9.77. The van der Waals surface area contributed by atoms with Gasteiger partial charge in [-0.1, -0.05) is 24.3 Å². The Morgan fingerprint density at radius 1 is 1.09 bits per heavy atom. The van der Waals surface area contributed by atoms with E-state index in [1.165, 1.54) is 6.07 Å². The highest BCUT2D eigenvalue weighted by Crippen LogP contribution is 2.41. The molecule has 0 saturated carbocycles. The minimum atomic E-state index is -0.212. The first-order chi connectivity index (χ1) is 16.7. The lowest BCUT2D eigenvalue weighted by molar-refractivity contribution is 0.137. The number of benzene rings is 3. The van der Waals surface area contributed by atoms with Crippen molar-refractivity contribution < 1.29 is 18.6 Å². The molecule has 6 rings (SSSR count). The maximum absolute atomic E-state index is 13.7. The van der Waals surface area contributed by atoms with E-state index in [-0.39, 0.29) is 11.9 Å². The van der Waals surface area contributed by atoms with Gasteiger partial charge in [-0.3, -0.25) is 4.90 Å². The first-order valence-electron chi connectivity index (χ1n) is 11.6. The molecule has 1 atom stereocenters. The monoisotopic (exact) mass is 476 g/mol. The fourth-order valence-corrected chi connectivity index (χ4v) is 5.51. The Labute approximate surface area is 201 Å². The SMILES string of the molecule is Fc1cccc(CN2CCOc3c(cc(-c4nc5ccccc5s4)cc3O[C@H]3CCOC3)C2)c1. The van der Waals surface area contributed by atoms with Crippen LogP contribution in [0.4, 0.5) is 4.39 Å². The van der Waals surface area contributed by atoms with Gasteiger partial charge in [-0.25, -0.2) is 9.37 Å². The van der Waals surface area contributed by atoms with Crippen molar-refractivity contribution in [2.45, 2.75) is 25.6 Å². The van der Waals surface area contributed by atoms with Crippen LogP contribution in [0.3, 0.4) is 0 Å². The topological polar surface area (TPSA) is 43.8 Å². The molecule has 0 spiro atoms. The zero-order valence-electron chi connectivity index (χ0n) is 18.7. The minimum absolute atomic E-state index is 0.0185. The van der Waals surface area contributed by atoms with Gasteiger partial charge in [0.15, 0.2) is 11.5 Å². The summed E-state index contributed by atoms with van der Waals surface area (Å²) in [7, 11) is 0. The van der Waals surface area contributed by atoms with E-state index in [4.69, 9.17) is 19.2 Å². The van der Waals surface area contributed by atoms with Crippen LogP contribution in [0.2, 0.25) is 0 Å². The Kier molecular flexibility index (Phi) is 5.91. The van der Waals surface area contributed by atoms with Crippen molar-refractivity contribution in [2.24, 2.45) is 0 Å². The molecule has 34 heavy (non-hydrogen) atoms. The van der Waals surface area contributed by atoms with Crippen molar-refractivity contribution in [2.75, 3.05) is 26.4 Å². The summed E-state index contributed by atoms with van der Waals surface area (Å²) in [6, 6.07) is 19.2. The van der Waals surface area contributed by atoms with Gasteiger partial charge >= 0.3 is 0 Å². The summed E-state index contributed by atoms with van der Waals surface area (Å²) in [5.74, 6) is 1.32. The summed E-state index contributed by atoms with van der Waals surface area (Å²) < 4.78 is 33.1. The number of fused-ring (bicyclic) bond motifs is 2. The van der Waals surface area contributed by atoms with Crippen LogP contribution in [0, 0.1) is 5.82 Å². The van der Waals surface area contributed by atoms with Crippen LogP contribution < -0.4 is 9.47 Å². The number of nitrogens with zero attached hydrogens (tertiary/aromatic N) is 2. The fourth-order valence-electron chi connectivity index (χ4n) is 4.56. The van der Waals surface area contributed by atoms with Crippen LogP contribution in [0.25, 0.3) is 20.8 Å². The average Bonchev–Trinajstić information content (AvgIpc) is 3.45. The Morgan fingerprint density at radius 2 is 2.03 bits per heavy atom. The Bertz CT molecular complexity index is 1290. The van der Waals surface area contributed by atoms with Gasteiger partial charge in [0.05, 0.1) is 23.4 Å². The van der Waals surface area contributed by atoms with E-state index in [1.54, 1.807) is 23.5 Å². The maximum Gasteiger partial charge on any atom is 0.165 e. The standard InChI is InChI=1S/C27H25FN2O3S/c28-21-5-3-4-18(12-21)15-30-9-11-32-26-20(16-30)13-19(14-24(26)33-22-8-10-31-17-22)27-29-23-6-1-2-7-25(23)34-27/h1-7,12-14,22H,8-11,15-17H2/t22-/m0/s1. The lowest BCUT2D eigenvalue weighted by Gasteiger charge is -2.20. The van der Waals surface area contributed by atoms with Crippen molar-refractivity contribution >= 4 is 21.6 Å². The average molecular weight is 477 g/mol. The van der Waals surface area contributed by atoms with E-state index in [2.05, 4.69) is 23.1 Å². The molecule has 0 bridgehead atoms. The van der Waals surface area contributed by atoms with Crippen LogP contribution in [-0.2, 0) is 17.8 Å². The Balaban J connectivity index is 1.37. The van der Waals surface area contributed by atoms with E-state index < -0.39 is 0 Å². The summed E-state index contributed by atoms with van der Waals surface area (Å²) in [5, 5.41) is 0.956. The molecule has 2 aliphatic rings. The van der Waals surface area contributed by atoms with Gasteiger partial charge in [-0.05, 0) is 42.0 Å². The molecule has 5 nitrogen and oxygen atoms in total. The van der Waals surface area contributed by atoms with E-state index >= 15 is 0 Å². The maximum atomic E-state index is 13.7. The van der Waals surface area contributed by atoms with Gasteiger partial charge in [-0.2, -0.15) is 0 Å². The molecule has 7 heteroatoms. The summed E-state index contributed by atoms with van der Waals surface area (Å²) in [6.45, 7) is 3.92. The molecule has 0 radical (unpaired) electrons. The van der Waals surface area contributed by atoms with Crippen molar-refractivity contribution in [3.63, 3.8) is 0 Å². The lowest BCUT2D eigenvalue weighted by Crippen LogP contribution is -2.25. The molecule has 1 saturated heterocycles. The van der Waals surface area contributed by atoms with Crippen LogP contribution >= 0.6 is 11.3 Å². The van der Waals surface area contributed by atoms with Gasteiger partial charge in [0.2, 0.25) is 0 Å². The number of halogens is 1. The van der Waals surface area contributed by atoms with Gasteiger partial charge in [0.25, 0.3) is 0 Å². The molecule has 0 aliphatic carbocycles. The highest BCUT2D eigenvalue weighted by atomic mass is 32.1. The van der Waals surface area contributed by atoms with Gasteiger partial charge in [-0.15, -0.1) is 11.3 Å². The first-order valence-corrected chi connectivity index (χ1v) is 12.4. The number of rotatable bonds is 5. The molecule has 2 aliphatic heterocycles. The highest BCUT2D eigenvalue weighted by molar-refractivity contribution is 7.21. The van der Waals surface area contributed by atoms with Crippen molar-refractivity contribution in [3.8, 4) is 22.1 Å². The quantitative estimate of drug-likeness (QED) is 0.372. The van der Waals surface area contributed by atoms with Crippen molar-refractivity contribution in [3.05, 3.63) is 77.6 Å². The fraction of sp³-hybridized carbons (Fsp3) is 0.296. The predicted octanol–water partition coefficient (Wildman–Crippen LogP) is 5.66. The summed E-state index contributed by atoms with van der Waals surface area (Å²) in [6.07, 6.45) is 0.885. The van der Waals surface area contributed by atoms with Crippen LogP contribution in [-0.4, -0.2) is 42.4 Å². The van der Waals surface area contributed by atoms with Gasteiger partial charge in [0.1, 0.15) is 23.5 Å². The molecule has 1 aromatic heterocycles. The van der Waals surface area contributed by atoms with Crippen LogP contribution in [0.5, 0.6) is 11.5 Å². The minimum Gasteiger partial charge on any atom is -0.488 e. The predicted molar refractivity (Wildman–Crippen MR) is 131 cm³/mol. The number of para-hydroxylation sites is 1. The molecule has 174 valence electrons. The largest absolute Gasteiger partial charge is 0.488 e. The Hall–Kier alpha value is -3.00. The number of hydrogen-bond acceptors (Lipinski definition) is 6. The lowest BCUT2D eigenvalue weighted by atomic mass is 10.1. The molecule has 3 heterocycles. The molecular weight excluding hydrogens is 451 g/mol. The molecule has 3 aromatic carbocycles. The third kappa shape index (κ3) is 4.51. The third-order valence-electron chi connectivity index (χ3n) is 6.20. The molecule has 0 N–H and O–H groups in total. The number of thiazole rings is 1. The van der Waals surface area contributed by atoms with E-state index in [1.807, 2.05) is 24.3 Å². The van der Waals surface area contributed by atoms with Crippen molar-refractivity contribution in [1.29, 1.82) is 0 Å². The smallest absolute Gasteiger partial charge is 0.165 e. The zero-order valence-corrected chi connectivity index (χ0v) is 19.5. The molecule has 1 fully saturated rings. The van der Waals surface area contributed by atoms with E-state index in [0.29, 0.717) is 32.9 Å². The molecule has 0 amide bonds. The Morgan fingerprint density at radius 3 is 2.88 bits per heavy atom. The normalized spacial score (nSPS) is 18.4. The van der Waals surface area contributed by atoms with Gasteiger partial charge in [0, 0.05) is 37.2 Å². The van der Waals surface area contributed by atoms with E-state index in [9.17, 15) is 4.39 Å². The second-order valence-electron chi connectivity index (χ2n) is 8.74. The van der Waals surface area contributed by atoms with Crippen molar-refractivity contribution in [1.82, 2.24) is 9.88 Å². The number of aromatic nitrogens is 1. The summed E-state index contributed by atoms with van der Waals surface area (Å²) in [4.78, 5) is 7.15. The number of ether oxygens (including phenoxy) is 3. The zero-order chi connectivity index (χ0) is 22.9. The third-order valence-corrected chi connectivity index (χ3v) is 7.28.